The monoisotopic (exact) mass is 293 g/mol. The molecule has 0 aliphatic rings. The SMILES string of the molecule is Cc1cccc(C(Sc2cc(F)ccc2F)C(C)N)c1. The lowest BCUT2D eigenvalue weighted by Gasteiger charge is -2.21. The van der Waals surface area contributed by atoms with Gasteiger partial charge in [-0.15, -0.1) is 11.8 Å². The van der Waals surface area contributed by atoms with E-state index in [1.54, 1.807) is 0 Å². The van der Waals surface area contributed by atoms with E-state index in [9.17, 15) is 8.78 Å². The first-order valence-electron chi connectivity index (χ1n) is 6.41. The summed E-state index contributed by atoms with van der Waals surface area (Å²) in [6.45, 7) is 3.87. The normalized spacial score (nSPS) is 14.1. The van der Waals surface area contributed by atoms with Crippen LogP contribution in [0.1, 0.15) is 23.3 Å². The van der Waals surface area contributed by atoms with E-state index >= 15 is 0 Å². The van der Waals surface area contributed by atoms with E-state index in [1.165, 1.54) is 17.8 Å². The van der Waals surface area contributed by atoms with Crippen molar-refractivity contribution in [2.24, 2.45) is 5.73 Å². The molecule has 2 atom stereocenters. The van der Waals surface area contributed by atoms with Crippen molar-refractivity contribution in [3.05, 3.63) is 65.2 Å². The minimum Gasteiger partial charge on any atom is -0.327 e. The van der Waals surface area contributed by atoms with Crippen LogP contribution in [-0.4, -0.2) is 6.04 Å². The fourth-order valence-corrected chi connectivity index (χ4v) is 3.16. The van der Waals surface area contributed by atoms with Crippen molar-refractivity contribution in [3.63, 3.8) is 0 Å². The number of hydrogen-bond donors (Lipinski definition) is 1. The van der Waals surface area contributed by atoms with E-state index in [0.29, 0.717) is 0 Å². The third-order valence-electron chi connectivity index (χ3n) is 3.00. The van der Waals surface area contributed by atoms with E-state index in [0.717, 1.165) is 23.3 Å². The van der Waals surface area contributed by atoms with Gasteiger partial charge in [-0.2, -0.15) is 0 Å². The van der Waals surface area contributed by atoms with Crippen LogP contribution < -0.4 is 5.73 Å². The van der Waals surface area contributed by atoms with Gasteiger partial charge in [0.25, 0.3) is 0 Å². The molecule has 2 rings (SSSR count). The number of thioether (sulfide) groups is 1. The minimum absolute atomic E-state index is 0.119. The van der Waals surface area contributed by atoms with Gasteiger partial charge in [0, 0.05) is 16.2 Å². The number of halogens is 2. The summed E-state index contributed by atoms with van der Waals surface area (Å²) in [5, 5.41) is -0.119. The van der Waals surface area contributed by atoms with E-state index in [-0.39, 0.29) is 16.2 Å². The Morgan fingerprint density at radius 2 is 1.85 bits per heavy atom. The van der Waals surface area contributed by atoms with Crippen LogP contribution in [-0.2, 0) is 0 Å². The van der Waals surface area contributed by atoms with Crippen molar-refractivity contribution in [1.29, 1.82) is 0 Å². The average Bonchev–Trinajstić information content (AvgIpc) is 2.39. The number of rotatable bonds is 4. The topological polar surface area (TPSA) is 26.0 Å². The minimum atomic E-state index is -0.443. The molecule has 0 radical (unpaired) electrons. The Bertz CT molecular complexity index is 599. The van der Waals surface area contributed by atoms with Crippen LogP contribution in [0.4, 0.5) is 8.78 Å². The number of nitrogens with two attached hydrogens (primary N) is 1. The molecule has 0 heterocycles. The van der Waals surface area contributed by atoms with Crippen molar-refractivity contribution in [2.75, 3.05) is 0 Å². The second-order valence-corrected chi connectivity index (χ2v) is 6.07. The highest BCUT2D eigenvalue weighted by Gasteiger charge is 2.20. The molecule has 2 unspecified atom stereocenters. The van der Waals surface area contributed by atoms with E-state index in [1.807, 2.05) is 38.1 Å². The highest BCUT2D eigenvalue weighted by Crippen LogP contribution is 2.38. The van der Waals surface area contributed by atoms with E-state index in [2.05, 4.69) is 0 Å². The maximum atomic E-state index is 13.8. The van der Waals surface area contributed by atoms with Crippen LogP contribution in [0.15, 0.2) is 47.4 Å². The number of benzene rings is 2. The van der Waals surface area contributed by atoms with Crippen LogP contribution in [0.25, 0.3) is 0 Å². The van der Waals surface area contributed by atoms with Crippen LogP contribution in [0.2, 0.25) is 0 Å². The summed E-state index contributed by atoms with van der Waals surface area (Å²) < 4.78 is 27.0. The summed E-state index contributed by atoms with van der Waals surface area (Å²) in [5.41, 5.74) is 8.16. The summed E-state index contributed by atoms with van der Waals surface area (Å²) in [6, 6.07) is 11.2. The zero-order valence-electron chi connectivity index (χ0n) is 11.4. The van der Waals surface area contributed by atoms with Gasteiger partial charge in [0.1, 0.15) is 11.6 Å². The van der Waals surface area contributed by atoms with Gasteiger partial charge in [-0.1, -0.05) is 29.8 Å². The third-order valence-corrected chi connectivity index (χ3v) is 4.52. The second-order valence-electron chi connectivity index (χ2n) is 4.89. The molecule has 1 nitrogen and oxygen atoms in total. The first-order chi connectivity index (χ1) is 9.47. The van der Waals surface area contributed by atoms with E-state index < -0.39 is 11.6 Å². The fraction of sp³-hybridized carbons (Fsp3) is 0.250. The second kappa shape index (κ2) is 6.37. The van der Waals surface area contributed by atoms with Gasteiger partial charge in [-0.05, 0) is 37.6 Å². The molecule has 0 spiro atoms. The summed E-state index contributed by atoms with van der Waals surface area (Å²) in [7, 11) is 0. The van der Waals surface area contributed by atoms with Gasteiger partial charge < -0.3 is 5.73 Å². The first-order valence-corrected chi connectivity index (χ1v) is 7.29. The molecule has 0 fully saturated rings. The molecular weight excluding hydrogens is 276 g/mol. The predicted octanol–water partition coefficient (Wildman–Crippen LogP) is 4.45. The van der Waals surface area contributed by atoms with Gasteiger partial charge in [0.2, 0.25) is 0 Å². The molecule has 0 bridgehead atoms. The molecule has 4 heteroatoms. The van der Waals surface area contributed by atoms with Crippen molar-refractivity contribution in [3.8, 4) is 0 Å². The van der Waals surface area contributed by atoms with Crippen molar-refractivity contribution >= 4 is 11.8 Å². The Hall–Kier alpha value is -1.39. The lowest BCUT2D eigenvalue weighted by molar-refractivity contribution is 0.576. The molecule has 0 aliphatic carbocycles. The van der Waals surface area contributed by atoms with Crippen LogP contribution >= 0.6 is 11.8 Å². The molecule has 2 aromatic carbocycles. The zero-order valence-corrected chi connectivity index (χ0v) is 12.3. The molecule has 106 valence electrons. The highest BCUT2D eigenvalue weighted by atomic mass is 32.2. The average molecular weight is 293 g/mol. The van der Waals surface area contributed by atoms with Gasteiger partial charge in [0.05, 0.1) is 0 Å². The molecule has 0 aromatic heterocycles. The number of aryl methyl sites for hydroxylation is 1. The van der Waals surface area contributed by atoms with Crippen LogP contribution in [0, 0.1) is 18.6 Å². The fourth-order valence-electron chi connectivity index (χ4n) is 2.03. The summed E-state index contributed by atoms with van der Waals surface area (Å²) in [5.74, 6) is -0.865. The molecule has 0 saturated heterocycles. The Morgan fingerprint density at radius 3 is 2.50 bits per heavy atom. The Labute approximate surface area is 122 Å². The van der Waals surface area contributed by atoms with Gasteiger partial charge in [-0.25, -0.2) is 8.78 Å². The largest absolute Gasteiger partial charge is 0.327 e. The summed E-state index contributed by atoms with van der Waals surface area (Å²) >= 11 is 1.26. The molecule has 2 aromatic rings. The van der Waals surface area contributed by atoms with Gasteiger partial charge >= 0.3 is 0 Å². The van der Waals surface area contributed by atoms with Crippen molar-refractivity contribution in [2.45, 2.75) is 30.0 Å². The van der Waals surface area contributed by atoms with Gasteiger partial charge in [-0.3, -0.25) is 0 Å². The molecule has 2 N–H and O–H groups in total. The van der Waals surface area contributed by atoms with Crippen LogP contribution in [0.3, 0.4) is 0 Å². The maximum absolute atomic E-state index is 13.8. The van der Waals surface area contributed by atoms with E-state index in [4.69, 9.17) is 5.73 Å². The molecule has 0 aliphatic heterocycles. The molecule has 20 heavy (non-hydrogen) atoms. The quantitative estimate of drug-likeness (QED) is 0.843. The zero-order chi connectivity index (χ0) is 14.7. The lowest BCUT2D eigenvalue weighted by atomic mass is 10.0. The lowest BCUT2D eigenvalue weighted by Crippen LogP contribution is -2.22. The Morgan fingerprint density at radius 1 is 1.10 bits per heavy atom. The van der Waals surface area contributed by atoms with Crippen LogP contribution in [0.5, 0.6) is 0 Å². The molecular formula is C16H17F2NS. The van der Waals surface area contributed by atoms with Crippen molar-refractivity contribution < 1.29 is 8.78 Å². The maximum Gasteiger partial charge on any atom is 0.136 e. The summed E-state index contributed by atoms with van der Waals surface area (Å²) in [4.78, 5) is 0.286. The Kier molecular flexibility index (Phi) is 4.78. The molecule has 0 amide bonds. The predicted molar refractivity (Wildman–Crippen MR) is 79.8 cm³/mol. The van der Waals surface area contributed by atoms with Crippen molar-refractivity contribution in [1.82, 2.24) is 0 Å². The smallest absolute Gasteiger partial charge is 0.136 e. The Balaban J connectivity index is 2.33. The first kappa shape index (κ1) is 15.0. The summed E-state index contributed by atoms with van der Waals surface area (Å²) in [6.07, 6.45) is 0. The third kappa shape index (κ3) is 3.58. The van der Waals surface area contributed by atoms with Gasteiger partial charge in [0.15, 0.2) is 0 Å². The number of hydrogen-bond acceptors (Lipinski definition) is 2. The highest BCUT2D eigenvalue weighted by molar-refractivity contribution is 7.99. The standard InChI is InChI=1S/C16H17F2NS/c1-10-4-3-5-12(8-10)16(11(2)19)20-15-9-13(17)6-7-14(15)18/h3-9,11,16H,19H2,1-2H3. The molecule has 0 saturated carbocycles.